The van der Waals surface area contributed by atoms with Crippen LogP contribution < -0.4 is 9.47 Å². The molecule has 6 heteroatoms. The van der Waals surface area contributed by atoms with Gasteiger partial charge in [-0.25, -0.2) is 0 Å². The standard InChI is InChI=1S/C28H33NO5/c1-17(2)34-23-14-13-20(15-18(23)3)26(30)24-25(19-9-8-12-22(16-19)33-4)29(28(32)27(24)31)21-10-6-5-7-11-21/h8-9,12-17,21,25,30H,5-7,10-11H2,1-4H3/b26-24+. The van der Waals surface area contributed by atoms with Crippen molar-refractivity contribution in [2.45, 2.75) is 71.1 Å². The number of nitrogens with zero attached hydrogens (tertiary/aromatic N) is 1. The van der Waals surface area contributed by atoms with Gasteiger partial charge >= 0.3 is 0 Å². The minimum atomic E-state index is -0.662. The van der Waals surface area contributed by atoms with E-state index in [1.165, 1.54) is 0 Å². The van der Waals surface area contributed by atoms with E-state index in [4.69, 9.17) is 9.47 Å². The number of benzene rings is 2. The van der Waals surface area contributed by atoms with Crippen LogP contribution in [0.1, 0.15) is 68.7 Å². The molecule has 1 N–H and O–H groups in total. The summed E-state index contributed by atoms with van der Waals surface area (Å²) >= 11 is 0. The maximum absolute atomic E-state index is 13.3. The molecule has 1 aliphatic carbocycles. The quantitative estimate of drug-likeness (QED) is 0.346. The highest BCUT2D eigenvalue weighted by Crippen LogP contribution is 2.43. The second-order valence-corrected chi connectivity index (χ2v) is 9.42. The van der Waals surface area contributed by atoms with E-state index in [0.29, 0.717) is 11.3 Å². The van der Waals surface area contributed by atoms with Crippen molar-refractivity contribution >= 4 is 17.4 Å². The molecule has 1 atom stereocenters. The Morgan fingerprint density at radius 1 is 1.06 bits per heavy atom. The zero-order valence-electron chi connectivity index (χ0n) is 20.3. The van der Waals surface area contributed by atoms with Crippen molar-refractivity contribution in [3.8, 4) is 11.5 Å². The van der Waals surface area contributed by atoms with Crippen LogP contribution in [0.25, 0.3) is 5.76 Å². The molecule has 0 radical (unpaired) electrons. The van der Waals surface area contributed by atoms with Crippen molar-refractivity contribution in [3.63, 3.8) is 0 Å². The van der Waals surface area contributed by atoms with E-state index in [1.807, 2.05) is 45.0 Å². The number of amides is 1. The molecular weight excluding hydrogens is 430 g/mol. The molecule has 4 rings (SSSR count). The van der Waals surface area contributed by atoms with Crippen molar-refractivity contribution in [1.29, 1.82) is 0 Å². The maximum atomic E-state index is 13.3. The molecule has 2 aromatic carbocycles. The van der Waals surface area contributed by atoms with Crippen molar-refractivity contribution in [2.75, 3.05) is 7.11 Å². The number of hydrogen-bond acceptors (Lipinski definition) is 5. The number of carbonyl (C=O) groups is 2. The number of rotatable bonds is 6. The Hall–Kier alpha value is -3.28. The third-order valence-corrected chi connectivity index (χ3v) is 6.67. The van der Waals surface area contributed by atoms with Crippen molar-refractivity contribution in [1.82, 2.24) is 4.90 Å². The first-order chi connectivity index (χ1) is 16.3. The summed E-state index contributed by atoms with van der Waals surface area (Å²) in [6, 6.07) is 12.0. The highest BCUT2D eigenvalue weighted by Gasteiger charge is 2.49. The number of aliphatic hydroxyl groups is 1. The number of aliphatic hydroxyl groups excluding tert-OH is 1. The fraction of sp³-hybridized carbons (Fsp3) is 0.429. The van der Waals surface area contributed by atoms with Gasteiger partial charge in [0.1, 0.15) is 17.3 Å². The number of Topliss-reactive ketones (excluding diaryl/α,β-unsaturated/α-hetero) is 1. The average Bonchev–Trinajstić information content (AvgIpc) is 3.10. The minimum Gasteiger partial charge on any atom is -0.507 e. The van der Waals surface area contributed by atoms with Gasteiger partial charge in [-0.05, 0) is 75.1 Å². The van der Waals surface area contributed by atoms with E-state index in [1.54, 1.807) is 30.2 Å². The molecule has 1 heterocycles. The molecule has 2 fully saturated rings. The molecule has 0 spiro atoms. The van der Waals surface area contributed by atoms with Crippen LogP contribution in [0.3, 0.4) is 0 Å². The van der Waals surface area contributed by atoms with Crippen LogP contribution >= 0.6 is 0 Å². The lowest BCUT2D eigenvalue weighted by molar-refractivity contribution is -0.141. The summed E-state index contributed by atoms with van der Waals surface area (Å²) in [4.78, 5) is 28.4. The van der Waals surface area contributed by atoms with Crippen LogP contribution in [0.15, 0.2) is 48.0 Å². The van der Waals surface area contributed by atoms with Gasteiger partial charge in [0.05, 0.1) is 24.8 Å². The summed E-state index contributed by atoms with van der Waals surface area (Å²) in [5.74, 6) is 0.00815. The van der Waals surface area contributed by atoms with Gasteiger partial charge in [-0.3, -0.25) is 9.59 Å². The van der Waals surface area contributed by atoms with E-state index >= 15 is 0 Å². The van der Waals surface area contributed by atoms with Gasteiger partial charge in [-0.2, -0.15) is 0 Å². The summed E-state index contributed by atoms with van der Waals surface area (Å²) in [6.07, 6.45) is 4.91. The lowest BCUT2D eigenvalue weighted by Gasteiger charge is -2.35. The highest BCUT2D eigenvalue weighted by atomic mass is 16.5. The zero-order chi connectivity index (χ0) is 24.4. The third kappa shape index (κ3) is 4.54. The summed E-state index contributed by atoms with van der Waals surface area (Å²) in [5.41, 5.74) is 2.21. The topological polar surface area (TPSA) is 76.1 Å². The number of ether oxygens (including phenoxy) is 2. The van der Waals surface area contributed by atoms with Gasteiger partial charge in [-0.1, -0.05) is 31.4 Å². The van der Waals surface area contributed by atoms with Crippen molar-refractivity contribution in [3.05, 3.63) is 64.7 Å². The first-order valence-electron chi connectivity index (χ1n) is 12.0. The monoisotopic (exact) mass is 463 g/mol. The Kier molecular flexibility index (Phi) is 6.96. The zero-order valence-corrected chi connectivity index (χ0v) is 20.3. The SMILES string of the molecule is COc1cccc(C2/C(=C(\O)c3ccc(OC(C)C)c(C)c3)C(=O)C(=O)N2C2CCCCC2)c1. The van der Waals surface area contributed by atoms with Gasteiger partial charge in [0.15, 0.2) is 0 Å². The van der Waals surface area contributed by atoms with Gasteiger partial charge in [0.2, 0.25) is 0 Å². The lowest BCUT2D eigenvalue weighted by atomic mass is 9.90. The number of aryl methyl sites for hydroxylation is 1. The van der Waals surface area contributed by atoms with Gasteiger partial charge in [0, 0.05) is 11.6 Å². The second kappa shape index (κ2) is 9.92. The minimum absolute atomic E-state index is 0.0204. The molecule has 180 valence electrons. The molecule has 1 saturated carbocycles. The molecule has 0 bridgehead atoms. The summed E-state index contributed by atoms with van der Waals surface area (Å²) < 4.78 is 11.2. The predicted octanol–water partition coefficient (Wildman–Crippen LogP) is 5.55. The van der Waals surface area contributed by atoms with Gasteiger partial charge in [-0.15, -0.1) is 0 Å². The summed E-state index contributed by atoms with van der Waals surface area (Å²) in [6.45, 7) is 5.80. The predicted molar refractivity (Wildman–Crippen MR) is 131 cm³/mol. The van der Waals surface area contributed by atoms with E-state index in [2.05, 4.69) is 0 Å². The Morgan fingerprint density at radius 3 is 2.44 bits per heavy atom. The van der Waals surface area contributed by atoms with E-state index < -0.39 is 17.7 Å². The van der Waals surface area contributed by atoms with E-state index in [9.17, 15) is 14.7 Å². The van der Waals surface area contributed by atoms with E-state index in [-0.39, 0.29) is 23.5 Å². The molecule has 1 saturated heterocycles. The van der Waals surface area contributed by atoms with Crippen molar-refractivity contribution in [2.24, 2.45) is 0 Å². The van der Waals surface area contributed by atoms with Crippen LogP contribution in [0.2, 0.25) is 0 Å². The number of hydrogen-bond donors (Lipinski definition) is 1. The van der Waals surface area contributed by atoms with Gasteiger partial charge < -0.3 is 19.5 Å². The number of carbonyl (C=O) groups excluding carboxylic acids is 2. The second-order valence-electron chi connectivity index (χ2n) is 9.42. The lowest BCUT2D eigenvalue weighted by Crippen LogP contribution is -2.40. The Labute approximate surface area is 201 Å². The van der Waals surface area contributed by atoms with Crippen LogP contribution in [0, 0.1) is 6.92 Å². The average molecular weight is 464 g/mol. The van der Waals surface area contributed by atoms with Gasteiger partial charge in [0.25, 0.3) is 11.7 Å². The van der Waals surface area contributed by atoms with E-state index in [0.717, 1.165) is 49.0 Å². The molecule has 1 unspecified atom stereocenters. The smallest absolute Gasteiger partial charge is 0.295 e. The first kappa shape index (κ1) is 23.9. The third-order valence-electron chi connectivity index (χ3n) is 6.67. The maximum Gasteiger partial charge on any atom is 0.295 e. The Balaban J connectivity index is 1.84. The fourth-order valence-electron chi connectivity index (χ4n) is 5.06. The molecule has 1 aliphatic heterocycles. The molecule has 2 aliphatic rings. The molecule has 2 aromatic rings. The molecule has 1 amide bonds. The Bertz CT molecular complexity index is 1110. The molecule has 0 aromatic heterocycles. The summed E-state index contributed by atoms with van der Waals surface area (Å²) in [7, 11) is 1.58. The first-order valence-corrected chi connectivity index (χ1v) is 12.0. The van der Waals surface area contributed by atoms with Crippen LogP contribution in [-0.2, 0) is 9.59 Å². The highest BCUT2D eigenvalue weighted by molar-refractivity contribution is 6.46. The normalized spacial score (nSPS) is 20.7. The molecular formula is C28H33NO5. The van der Waals surface area contributed by atoms with Crippen LogP contribution in [-0.4, -0.2) is 41.0 Å². The molecule has 6 nitrogen and oxygen atoms in total. The number of methoxy groups -OCH3 is 1. The van der Waals surface area contributed by atoms with Crippen LogP contribution in [0.4, 0.5) is 0 Å². The van der Waals surface area contributed by atoms with Crippen molar-refractivity contribution < 1.29 is 24.2 Å². The number of ketones is 1. The Morgan fingerprint density at radius 2 is 1.79 bits per heavy atom. The fourth-order valence-corrected chi connectivity index (χ4v) is 5.06. The number of likely N-dealkylation sites (tertiary alicyclic amines) is 1. The molecule has 34 heavy (non-hydrogen) atoms. The van der Waals surface area contributed by atoms with Crippen LogP contribution in [0.5, 0.6) is 11.5 Å². The summed E-state index contributed by atoms with van der Waals surface area (Å²) in [5, 5.41) is 11.4. The largest absolute Gasteiger partial charge is 0.507 e.